The van der Waals surface area contributed by atoms with Gasteiger partial charge in [0.15, 0.2) is 5.11 Å². The van der Waals surface area contributed by atoms with Gasteiger partial charge in [-0.3, -0.25) is 9.78 Å². The van der Waals surface area contributed by atoms with Gasteiger partial charge in [-0.25, -0.2) is 4.39 Å². The number of nitrogens with one attached hydrogen (secondary N) is 2. The van der Waals surface area contributed by atoms with Gasteiger partial charge in [-0.2, -0.15) is 0 Å². The quantitative estimate of drug-likeness (QED) is 0.267. The van der Waals surface area contributed by atoms with E-state index in [0.717, 1.165) is 34.0 Å². The van der Waals surface area contributed by atoms with Crippen LogP contribution in [0.25, 0.3) is 5.69 Å². The number of rotatable bonds is 7. The van der Waals surface area contributed by atoms with Crippen molar-refractivity contribution in [2.24, 2.45) is 0 Å². The molecular formula is C29H27ClFN5O2S. The Hall–Kier alpha value is -3.79. The van der Waals surface area contributed by atoms with Gasteiger partial charge in [0, 0.05) is 36.1 Å². The summed E-state index contributed by atoms with van der Waals surface area (Å²) in [4.78, 5) is 18.7. The predicted octanol–water partition coefficient (Wildman–Crippen LogP) is 6.04. The number of aryl methyl sites for hydroxylation is 1. The molecular weight excluding hydrogens is 537 g/mol. The van der Waals surface area contributed by atoms with Crippen LogP contribution in [0, 0.1) is 19.7 Å². The molecule has 2 atom stereocenters. The average molecular weight is 564 g/mol. The van der Waals surface area contributed by atoms with E-state index >= 15 is 0 Å². The van der Waals surface area contributed by atoms with Gasteiger partial charge in [-0.1, -0.05) is 23.7 Å². The lowest BCUT2D eigenvalue weighted by molar-refractivity contribution is -0.119. The smallest absolute Gasteiger partial charge is 0.250 e. The number of hydrogen-bond donors (Lipinski definition) is 2. The molecule has 7 nitrogen and oxygen atoms in total. The van der Waals surface area contributed by atoms with E-state index in [0.29, 0.717) is 15.8 Å². The van der Waals surface area contributed by atoms with Crippen LogP contribution in [0.5, 0.6) is 0 Å². The summed E-state index contributed by atoms with van der Waals surface area (Å²) in [7, 11) is 1.45. The second kappa shape index (κ2) is 11.1. The van der Waals surface area contributed by atoms with Gasteiger partial charge in [-0.05, 0) is 86.2 Å². The van der Waals surface area contributed by atoms with Gasteiger partial charge in [0.2, 0.25) is 5.91 Å². The maximum Gasteiger partial charge on any atom is 0.250 e. The van der Waals surface area contributed by atoms with E-state index in [1.54, 1.807) is 24.4 Å². The second-order valence-electron chi connectivity index (χ2n) is 9.28. The fourth-order valence-corrected chi connectivity index (χ4v) is 5.69. The molecule has 1 saturated heterocycles. The number of nitrogens with zero attached hydrogens (tertiary/aromatic N) is 3. The molecule has 1 aliphatic rings. The molecule has 0 saturated carbocycles. The maximum atomic E-state index is 14.1. The van der Waals surface area contributed by atoms with Crippen molar-refractivity contribution in [1.29, 1.82) is 0 Å². The third kappa shape index (κ3) is 5.25. The molecule has 4 aromatic rings. The molecule has 0 aliphatic carbocycles. The number of anilines is 2. The summed E-state index contributed by atoms with van der Waals surface area (Å²) >= 11 is 12.5. The van der Waals surface area contributed by atoms with Crippen LogP contribution in [0.4, 0.5) is 15.8 Å². The van der Waals surface area contributed by atoms with Crippen molar-refractivity contribution >= 4 is 46.2 Å². The minimum absolute atomic E-state index is 0.0764. The summed E-state index contributed by atoms with van der Waals surface area (Å²) in [5, 5.41) is 7.08. The van der Waals surface area contributed by atoms with Crippen LogP contribution in [0.3, 0.4) is 0 Å². The molecule has 1 fully saturated rings. The number of carbonyl (C=O) groups is 1. The molecule has 39 heavy (non-hydrogen) atoms. The van der Waals surface area contributed by atoms with Gasteiger partial charge in [0.05, 0.1) is 28.5 Å². The fraction of sp³-hybridized carbons (Fsp3) is 0.207. The highest BCUT2D eigenvalue weighted by molar-refractivity contribution is 7.80. The van der Waals surface area contributed by atoms with Gasteiger partial charge >= 0.3 is 0 Å². The van der Waals surface area contributed by atoms with E-state index in [2.05, 4.69) is 21.7 Å². The average Bonchev–Trinajstić information content (AvgIpc) is 3.40. The lowest BCUT2D eigenvalue weighted by atomic mass is 9.96. The molecule has 0 spiro atoms. The van der Waals surface area contributed by atoms with Crippen LogP contribution in [0.1, 0.15) is 34.7 Å². The summed E-state index contributed by atoms with van der Waals surface area (Å²) < 4.78 is 21.1. The van der Waals surface area contributed by atoms with E-state index in [1.165, 1.54) is 19.2 Å². The number of aromatic nitrogens is 2. The Morgan fingerprint density at radius 1 is 1.13 bits per heavy atom. The first-order valence-corrected chi connectivity index (χ1v) is 13.1. The molecule has 0 bridgehead atoms. The van der Waals surface area contributed by atoms with E-state index in [4.69, 9.17) is 28.6 Å². The molecule has 200 valence electrons. The highest BCUT2D eigenvalue weighted by Crippen LogP contribution is 2.44. The van der Waals surface area contributed by atoms with Crippen LogP contribution < -0.4 is 15.5 Å². The highest BCUT2D eigenvalue weighted by atomic mass is 35.5. The van der Waals surface area contributed by atoms with Gasteiger partial charge < -0.3 is 24.8 Å². The zero-order valence-electron chi connectivity index (χ0n) is 21.6. The lowest BCUT2D eigenvalue weighted by Crippen LogP contribution is -2.29. The lowest BCUT2D eigenvalue weighted by Gasteiger charge is -2.28. The number of benzene rings is 2. The van der Waals surface area contributed by atoms with Crippen LogP contribution in [-0.2, 0) is 9.53 Å². The third-order valence-corrected chi connectivity index (χ3v) is 7.36. The number of methoxy groups -OCH3 is 1. The van der Waals surface area contributed by atoms with Crippen molar-refractivity contribution in [3.05, 3.63) is 106 Å². The summed E-state index contributed by atoms with van der Waals surface area (Å²) in [5.41, 5.74) is 5.72. The van der Waals surface area contributed by atoms with Crippen molar-refractivity contribution in [3.8, 4) is 5.69 Å². The van der Waals surface area contributed by atoms with Crippen LogP contribution in [0.2, 0.25) is 5.02 Å². The van der Waals surface area contributed by atoms with Crippen molar-refractivity contribution in [2.75, 3.05) is 23.9 Å². The Bertz CT molecular complexity index is 1540. The fourth-order valence-electron chi connectivity index (χ4n) is 5.12. The zero-order chi connectivity index (χ0) is 27.7. The summed E-state index contributed by atoms with van der Waals surface area (Å²) in [6, 6.07) is 19.2. The predicted molar refractivity (Wildman–Crippen MR) is 155 cm³/mol. The van der Waals surface area contributed by atoms with Crippen LogP contribution in [-0.4, -0.2) is 34.3 Å². The standard InChI is InChI=1S/C29H27ClFN5O2S/c1-17-13-22(18(2)35(17)20-8-6-7-19(31)14-20)28-27(25-9-4-5-12-32-25)34-29(39)36(28)21-10-11-24(23(30)15-21)33-26(37)16-38-3/h4-15,27-28H,16H2,1-3H3,(H,33,37)(H,34,39). The van der Waals surface area contributed by atoms with E-state index in [1.807, 2.05) is 53.6 Å². The number of amides is 1. The molecule has 3 heterocycles. The van der Waals surface area contributed by atoms with Crippen molar-refractivity contribution in [3.63, 3.8) is 0 Å². The van der Waals surface area contributed by atoms with Gasteiger partial charge in [-0.15, -0.1) is 0 Å². The highest BCUT2D eigenvalue weighted by Gasteiger charge is 2.42. The Balaban J connectivity index is 1.61. The van der Waals surface area contributed by atoms with E-state index in [9.17, 15) is 9.18 Å². The second-order valence-corrected chi connectivity index (χ2v) is 10.1. The molecule has 1 amide bonds. The first-order chi connectivity index (χ1) is 18.8. The minimum atomic E-state index is -0.302. The number of thiocarbonyl (C=S) groups is 1. The van der Waals surface area contributed by atoms with Crippen LogP contribution in [0.15, 0.2) is 72.9 Å². The maximum absolute atomic E-state index is 14.1. The van der Waals surface area contributed by atoms with Crippen LogP contribution >= 0.6 is 23.8 Å². The number of ether oxygens (including phenoxy) is 1. The number of pyridine rings is 1. The summed E-state index contributed by atoms with van der Waals surface area (Å²) in [5.74, 6) is -0.603. The first-order valence-electron chi connectivity index (χ1n) is 12.3. The normalized spacial score (nSPS) is 16.8. The van der Waals surface area contributed by atoms with Crippen molar-refractivity contribution in [2.45, 2.75) is 25.9 Å². The topological polar surface area (TPSA) is 71.4 Å². The molecule has 1 aliphatic heterocycles. The number of hydrogen-bond acceptors (Lipinski definition) is 4. The van der Waals surface area contributed by atoms with E-state index < -0.39 is 0 Å². The Morgan fingerprint density at radius 2 is 1.95 bits per heavy atom. The van der Waals surface area contributed by atoms with Gasteiger partial charge in [0.1, 0.15) is 12.4 Å². The summed E-state index contributed by atoms with van der Waals surface area (Å²) in [6.45, 7) is 3.94. The van der Waals surface area contributed by atoms with E-state index in [-0.39, 0.29) is 30.4 Å². The number of carbonyl (C=O) groups excluding carboxylic acids is 1. The Morgan fingerprint density at radius 3 is 2.64 bits per heavy atom. The molecule has 2 aromatic heterocycles. The first kappa shape index (κ1) is 26.8. The minimum Gasteiger partial charge on any atom is -0.375 e. The molecule has 2 aromatic carbocycles. The molecule has 2 unspecified atom stereocenters. The Kier molecular flexibility index (Phi) is 7.65. The third-order valence-electron chi connectivity index (χ3n) is 6.73. The molecule has 2 N–H and O–H groups in total. The largest absolute Gasteiger partial charge is 0.375 e. The number of halogens is 2. The van der Waals surface area contributed by atoms with Gasteiger partial charge in [0.25, 0.3) is 0 Å². The SMILES string of the molecule is COCC(=O)Nc1ccc(N2C(=S)NC(c3ccccn3)C2c2cc(C)n(-c3cccc(F)c3)c2C)cc1Cl. The summed E-state index contributed by atoms with van der Waals surface area (Å²) in [6.07, 6.45) is 1.75. The molecule has 0 radical (unpaired) electrons. The monoisotopic (exact) mass is 563 g/mol. The molecule has 5 rings (SSSR count). The molecule has 10 heteroatoms. The zero-order valence-corrected chi connectivity index (χ0v) is 23.2. The van der Waals surface area contributed by atoms with Crippen molar-refractivity contribution < 1.29 is 13.9 Å². The van der Waals surface area contributed by atoms with Crippen molar-refractivity contribution in [1.82, 2.24) is 14.9 Å². The Labute approximate surface area is 236 Å².